The number of hydrogen-bond acceptors (Lipinski definition) is 4. The van der Waals surface area contributed by atoms with Crippen molar-refractivity contribution >= 4 is 15.9 Å². The van der Waals surface area contributed by atoms with Gasteiger partial charge in [-0.2, -0.15) is 17.8 Å². The number of benzene rings is 1. The van der Waals surface area contributed by atoms with Crippen LogP contribution in [0.1, 0.15) is 5.56 Å². The molecular weight excluding hydrogens is 292 g/mol. The first-order chi connectivity index (χ1) is 9.90. The summed E-state index contributed by atoms with van der Waals surface area (Å²) in [6.07, 6.45) is 3.12. The maximum atomic E-state index is 11.7. The van der Waals surface area contributed by atoms with Crippen LogP contribution >= 0.6 is 0 Å². The number of aromatic nitrogens is 2. The second-order valence-corrected chi connectivity index (χ2v) is 6.55. The smallest absolute Gasteiger partial charge is 0.301 e. The van der Waals surface area contributed by atoms with E-state index in [-0.39, 0.29) is 0 Å². The van der Waals surface area contributed by atoms with E-state index >= 15 is 0 Å². The first-order valence-corrected chi connectivity index (χ1v) is 7.70. The van der Waals surface area contributed by atoms with Crippen LogP contribution in [0.4, 0.5) is 5.69 Å². The Bertz CT molecular complexity index is 692. The number of nitrogens with zero attached hydrogens (tertiary/aromatic N) is 3. The van der Waals surface area contributed by atoms with Gasteiger partial charge in [-0.05, 0) is 17.7 Å². The molecule has 0 bridgehead atoms. The first-order valence-electron chi connectivity index (χ1n) is 6.26. The fraction of sp³-hybridized carbons (Fsp3) is 0.308. The molecule has 1 aromatic heterocycles. The van der Waals surface area contributed by atoms with E-state index in [0.717, 1.165) is 15.6 Å². The molecule has 21 heavy (non-hydrogen) atoms. The quantitative estimate of drug-likeness (QED) is 0.868. The van der Waals surface area contributed by atoms with Crippen molar-refractivity contribution in [3.8, 4) is 5.75 Å². The SMILES string of the molecule is COc1ccc(Cn2cc(NS(=O)(=O)N(C)C)cn2)cc1. The number of hydrogen-bond donors (Lipinski definition) is 1. The number of methoxy groups -OCH3 is 1. The molecule has 0 saturated heterocycles. The Morgan fingerprint density at radius 2 is 1.95 bits per heavy atom. The molecule has 1 heterocycles. The molecule has 8 heteroatoms. The molecule has 114 valence electrons. The molecule has 0 radical (unpaired) electrons. The van der Waals surface area contributed by atoms with Gasteiger partial charge in [0.05, 0.1) is 25.5 Å². The van der Waals surface area contributed by atoms with E-state index in [4.69, 9.17) is 4.74 Å². The summed E-state index contributed by atoms with van der Waals surface area (Å²) in [7, 11) is 1.04. The minimum absolute atomic E-state index is 0.428. The van der Waals surface area contributed by atoms with Crippen LogP contribution in [-0.2, 0) is 16.8 Å². The van der Waals surface area contributed by atoms with Gasteiger partial charge >= 0.3 is 10.2 Å². The third-order valence-corrected chi connectivity index (χ3v) is 4.32. The fourth-order valence-corrected chi connectivity index (χ4v) is 2.25. The molecule has 2 rings (SSSR count). The van der Waals surface area contributed by atoms with Crippen molar-refractivity contribution in [1.82, 2.24) is 14.1 Å². The molecular formula is C13H18N4O3S. The predicted molar refractivity (Wildman–Crippen MR) is 80.6 cm³/mol. The van der Waals surface area contributed by atoms with E-state index in [1.807, 2.05) is 24.3 Å². The third-order valence-electron chi connectivity index (χ3n) is 2.86. The van der Waals surface area contributed by atoms with Gasteiger partial charge < -0.3 is 4.74 Å². The molecule has 2 aromatic rings. The number of nitrogens with one attached hydrogen (secondary N) is 1. The van der Waals surface area contributed by atoms with Crippen LogP contribution in [0.5, 0.6) is 5.75 Å². The van der Waals surface area contributed by atoms with Gasteiger partial charge in [-0.3, -0.25) is 9.40 Å². The van der Waals surface area contributed by atoms with Crippen molar-refractivity contribution in [1.29, 1.82) is 0 Å². The molecule has 0 fully saturated rings. The maximum Gasteiger partial charge on any atom is 0.301 e. The second-order valence-electron chi connectivity index (χ2n) is 4.66. The lowest BCUT2D eigenvalue weighted by atomic mass is 10.2. The van der Waals surface area contributed by atoms with E-state index < -0.39 is 10.2 Å². The molecule has 1 aromatic carbocycles. The summed E-state index contributed by atoms with van der Waals surface area (Å²) in [6, 6.07) is 7.61. The average molecular weight is 310 g/mol. The van der Waals surface area contributed by atoms with Gasteiger partial charge in [0.2, 0.25) is 0 Å². The molecule has 0 aliphatic rings. The molecule has 0 atom stereocenters. The van der Waals surface area contributed by atoms with Gasteiger partial charge in [0, 0.05) is 20.3 Å². The summed E-state index contributed by atoms with van der Waals surface area (Å²) in [6.45, 7) is 0.549. The summed E-state index contributed by atoms with van der Waals surface area (Å²) in [5.41, 5.74) is 1.47. The van der Waals surface area contributed by atoms with Crippen LogP contribution in [0.25, 0.3) is 0 Å². The van der Waals surface area contributed by atoms with Crippen molar-refractivity contribution in [2.45, 2.75) is 6.54 Å². The largest absolute Gasteiger partial charge is 0.497 e. The predicted octanol–water partition coefficient (Wildman–Crippen LogP) is 1.16. The summed E-state index contributed by atoms with van der Waals surface area (Å²) < 4.78 is 33.7. The minimum atomic E-state index is -3.51. The summed E-state index contributed by atoms with van der Waals surface area (Å²) in [5, 5.41) is 4.14. The molecule has 0 aliphatic heterocycles. The molecule has 0 unspecified atom stereocenters. The van der Waals surface area contributed by atoms with Crippen LogP contribution < -0.4 is 9.46 Å². The summed E-state index contributed by atoms with van der Waals surface area (Å²) in [5.74, 6) is 0.790. The van der Waals surface area contributed by atoms with Crippen molar-refractivity contribution < 1.29 is 13.2 Å². The lowest BCUT2D eigenvalue weighted by molar-refractivity contribution is 0.414. The zero-order valence-corrected chi connectivity index (χ0v) is 13.0. The molecule has 0 amide bonds. The van der Waals surface area contributed by atoms with Gasteiger partial charge in [-0.25, -0.2) is 0 Å². The second kappa shape index (κ2) is 6.15. The Morgan fingerprint density at radius 1 is 1.29 bits per heavy atom. The number of ether oxygens (including phenoxy) is 1. The summed E-state index contributed by atoms with van der Waals surface area (Å²) in [4.78, 5) is 0. The molecule has 0 spiro atoms. The highest BCUT2D eigenvalue weighted by atomic mass is 32.2. The van der Waals surface area contributed by atoms with E-state index in [9.17, 15) is 8.42 Å². The molecule has 0 aliphatic carbocycles. The Kier molecular flexibility index (Phi) is 4.49. The standard InChI is InChI=1S/C13H18N4O3S/c1-16(2)21(18,19)15-12-8-14-17(10-12)9-11-4-6-13(20-3)7-5-11/h4-8,10,15H,9H2,1-3H3. The number of rotatable bonds is 6. The Labute approximate surface area is 124 Å². The van der Waals surface area contributed by atoms with Gasteiger partial charge in [0.25, 0.3) is 0 Å². The highest BCUT2D eigenvalue weighted by Gasteiger charge is 2.13. The summed E-state index contributed by atoms with van der Waals surface area (Å²) >= 11 is 0. The monoisotopic (exact) mass is 310 g/mol. The molecule has 7 nitrogen and oxygen atoms in total. The van der Waals surface area contributed by atoms with Crippen LogP contribution in [0, 0.1) is 0 Å². The highest BCUT2D eigenvalue weighted by molar-refractivity contribution is 7.90. The normalized spacial score (nSPS) is 11.6. The van der Waals surface area contributed by atoms with Crippen LogP contribution in [0.2, 0.25) is 0 Å². The van der Waals surface area contributed by atoms with Gasteiger partial charge in [-0.1, -0.05) is 12.1 Å². The average Bonchev–Trinajstić information content (AvgIpc) is 2.86. The third kappa shape index (κ3) is 3.96. The minimum Gasteiger partial charge on any atom is -0.497 e. The number of anilines is 1. The topological polar surface area (TPSA) is 76.5 Å². The van der Waals surface area contributed by atoms with E-state index in [2.05, 4.69) is 9.82 Å². The molecule has 1 N–H and O–H groups in total. The maximum absolute atomic E-state index is 11.7. The Balaban J connectivity index is 2.06. The van der Waals surface area contributed by atoms with Crippen molar-refractivity contribution in [2.24, 2.45) is 0 Å². The molecule has 0 saturated carbocycles. The van der Waals surface area contributed by atoms with Gasteiger partial charge in [0.15, 0.2) is 0 Å². The van der Waals surface area contributed by atoms with Crippen LogP contribution in [0.3, 0.4) is 0 Å². The van der Waals surface area contributed by atoms with Crippen molar-refractivity contribution in [3.63, 3.8) is 0 Å². The first kappa shape index (κ1) is 15.3. The van der Waals surface area contributed by atoms with Gasteiger partial charge in [0.1, 0.15) is 5.75 Å². The Hall–Kier alpha value is -2.06. The lowest BCUT2D eigenvalue weighted by Gasteiger charge is -2.11. The van der Waals surface area contributed by atoms with Crippen LogP contribution in [0.15, 0.2) is 36.7 Å². The highest BCUT2D eigenvalue weighted by Crippen LogP contribution is 2.14. The van der Waals surface area contributed by atoms with Crippen LogP contribution in [-0.4, -0.2) is 43.7 Å². The zero-order valence-electron chi connectivity index (χ0n) is 12.1. The van der Waals surface area contributed by atoms with Crippen molar-refractivity contribution in [2.75, 3.05) is 25.9 Å². The van der Waals surface area contributed by atoms with E-state index in [0.29, 0.717) is 12.2 Å². The van der Waals surface area contributed by atoms with Gasteiger partial charge in [-0.15, -0.1) is 0 Å². The van der Waals surface area contributed by atoms with E-state index in [1.54, 1.807) is 18.0 Å². The van der Waals surface area contributed by atoms with Crippen molar-refractivity contribution in [3.05, 3.63) is 42.2 Å². The van der Waals surface area contributed by atoms with E-state index in [1.165, 1.54) is 20.3 Å². The fourth-order valence-electron chi connectivity index (χ4n) is 1.66. The zero-order chi connectivity index (χ0) is 15.5. The lowest BCUT2D eigenvalue weighted by Crippen LogP contribution is -2.28. The Morgan fingerprint density at radius 3 is 2.52 bits per heavy atom.